The largest absolute Gasteiger partial charge is 0.478 e. The number of rotatable bonds is 5. The number of hydrogen-bond acceptors (Lipinski definition) is 4. The summed E-state index contributed by atoms with van der Waals surface area (Å²) in [7, 11) is 0. The van der Waals surface area contributed by atoms with Gasteiger partial charge in [-0.1, -0.05) is 26.0 Å². The quantitative estimate of drug-likeness (QED) is 0.418. The first kappa shape index (κ1) is 22.0. The number of hydrogen-bond donors (Lipinski definition) is 2. The molecule has 0 aliphatic rings. The van der Waals surface area contributed by atoms with Gasteiger partial charge in [0, 0.05) is 35.0 Å². The molecule has 2 heterocycles. The number of halogens is 1. The first-order valence-electron chi connectivity index (χ1n) is 10.4. The van der Waals surface area contributed by atoms with E-state index in [1.807, 2.05) is 24.5 Å². The molecule has 0 saturated carbocycles. The number of anilines is 1. The number of carboxylic acids is 1. The molecule has 0 aliphatic carbocycles. The molecule has 0 unspecified atom stereocenters. The number of carbonyl (C=O) groups is 1. The molecule has 0 amide bonds. The first-order chi connectivity index (χ1) is 15.7. The van der Waals surface area contributed by atoms with Crippen molar-refractivity contribution >= 4 is 22.7 Å². The summed E-state index contributed by atoms with van der Waals surface area (Å²) in [5, 5.41) is 19.6. The predicted molar refractivity (Wildman–Crippen MR) is 126 cm³/mol. The zero-order valence-corrected chi connectivity index (χ0v) is 18.6. The average molecular weight is 442 g/mol. The minimum absolute atomic E-state index is 0.167. The Kier molecular flexibility index (Phi) is 5.38. The van der Waals surface area contributed by atoms with Crippen LogP contribution in [0.1, 0.15) is 41.9 Å². The summed E-state index contributed by atoms with van der Waals surface area (Å²) in [5.74, 6) is -1.01. The van der Waals surface area contributed by atoms with Gasteiger partial charge in [-0.25, -0.2) is 14.2 Å². The van der Waals surface area contributed by atoms with E-state index in [0.29, 0.717) is 16.8 Å². The number of nitrogens with zero attached hydrogens (tertiary/aromatic N) is 3. The third kappa shape index (κ3) is 3.70. The predicted octanol–water partition coefficient (Wildman–Crippen LogP) is 5.61. The van der Waals surface area contributed by atoms with Crippen molar-refractivity contribution in [3.63, 3.8) is 0 Å². The fraction of sp³-hybridized carbons (Fsp3) is 0.192. The van der Waals surface area contributed by atoms with E-state index in [1.54, 1.807) is 37.4 Å². The van der Waals surface area contributed by atoms with Crippen molar-refractivity contribution < 1.29 is 14.3 Å². The Morgan fingerprint density at radius 2 is 1.91 bits per heavy atom. The van der Waals surface area contributed by atoms with Crippen molar-refractivity contribution in [1.29, 1.82) is 5.26 Å². The third-order valence-corrected chi connectivity index (χ3v) is 5.89. The lowest BCUT2D eigenvalue weighted by molar-refractivity contribution is 0.0697. The Morgan fingerprint density at radius 1 is 1.21 bits per heavy atom. The number of aromatic carboxylic acids is 1. The van der Waals surface area contributed by atoms with E-state index in [1.165, 1.54) is 18.2 Å². The van der Waals surface area contributed by atoms with Gasteiger partial charge < -0.3 is 15.4 Å². The van der Waals surface area contributed by atoms with Gasteiger partial charge in [-0.05, 0) is 54.4 Å². The summed E-state index contributed by atoms with van der Waals surface area (Å²) < 4.78 is 16.1. The molecule has 4 rings (SSSR count). The molecule has 0 radical (unpaired) electrons. The maximum absolute atomic E-state index is 14.1. The summed E-state index contributed by atoms with van der Waals surface area (Å²) in [4.78, 5) is 15.7. The van der Waals surface area contributed by atoms with Crippen molar-refractivity contribution in [1.82, 2.24) is 9.55 Å². The maximum Gasteiger partial charge on any atom is 0.335 e. The minimum atomic E-state index is -1.02. The van der Waals surface area contributed by atoms with Crippen molar-refractivity contribution in [2.45, 2.75) is 32.6 Å². The Balaban J connectivity index is 2.17. The van der Waals surface area contributed by atoms with Crippen molar-refractivity contribution in [3.05, 3.63) is 77.4 Å². The Hall–Kier alpha value is -4.18. The van der Waals surface area contributed by atoms with Crippen LogP contribution in [0, 0.1) is 24.1 Å². The molecule has 0 saturated heterocycles. The van der Waals surface area contributed by atoms with E-state index in [2.05, 4.69) is 11.1 Å². The van der Waals surface area contributed by atoms with Gasteiger partial charge in [0.15, 0.2) is 0 Å². The Bertz CT molecular complexity index is 1430. The Labute approximate surface area is 190 Å². The topological polar surface area (TPSA) is 105 Å². The van der Waals surface area contributed by atoms with E-state index in [0.717, 1.165) is 28.0 Å². The maximum atomic E-state index is 14.1. The van der Waals surface area contributed by atoms with Crippen LogP contribution in [0.2, 0.25) is 0 Å². The van der Waals surface area contributed by atoms with Gasteiger partial charge in [-0.15, -0.1) is 0 Å². The van der Waals surface area contributed by atoms with Crippen LogP contribution in [0.15, 0.2) is 54.7 Å². The molecule has 3 N–H and O–H groups in total. The average Bonchev–Trinajstić information content (AvgIpc) is 3.13. The number of aryl methyl sites for hydroxylation is 1. The molecular formula is C26H23FN4O2. The number of benzene rings is 2. The van der Waals surface area contributed by atoms with Crippen LogP contribution in [-0.4, -0.2) is 20.6 Å². The number of aromatic nitrogens is 2. The van der Waals surface area contributed by atoms with Crippen LogP contribution >= 0.6 is 0 Å². The van der Waals surface area contributed by atoms with Gasteiger partial charge in [-0.2, -0.15) is 5.26 Å². The molecule has 0 fully saturated rings. The molecule has 2 aromatic heterocycles. The summed E-state index contributed by atoms with van der Waals surface area (Å²) in [6, 6.07) is 15.5. The molecule has 6 nitrogen and oxygen atoms in total. The number of carboxylic acid groups (broad SMARTS) is 1. The van der Waals surface area contributed by atoms with Crippen LogP contribution in [-0.2, 0) is 5.41 Å². The zero-order chi connectivity index (χ0) is 23.9. The molecule has 2 aromatic carbocycles. The Morgan fingerprint density at radius 3 is 2.52 bits per heavy atom. The van der Waals surface area contributed by atoms with Gasteiger partial charge in [-0.3, -0.25) is 0 Å². The van der Waals surface area contributed by atoms with Crippen LogP contribution in [0.25, 0.3) is 27.7 Å². The normalized spacial score (nSPS) is 11.5. The zero-order valence-electron chi connectivity index (χ0n) is 18.6. The van der Waals surface area contributed by atoms with Crippen LogP contribution in [0.5, 0.6) is 0 Å². The molecule has 33 heavy (non-hydrogen) atoms. The second kappa shape index (κ2) is 8.06. The number of nitriles is 1. The van der Waals surface area contributed by atoms with E-state index in [9.17, 15) is 19.6 Å². The van der Waals surface area contributed by atoms with E-state index < -0.39 is 11.4 Å². The number of pyridine rings is 1. The summed E-state index contributed by atoms with van der Waals surface area (Å²) >= 11 is 0. The molecule has 7 heteroatoms. The summed E-state index contributed by atoms with van der Waals surface area (Å²) in [5.41, 5.74) is 10.2. The highest BCUT2D eigenvalue weighted by atomic mass is 19.1. The first-order valence-corrected chi connectivity index (χ1v) is 10.4. The smallest absolute Gasteiger partial charge is 0.335 e. The second-order valence-corrected chi connectivity index (χ2v) is 8.68. The monoisotopic (exact) mass is 442 g/mol. The highest BCUT2D eigenvalue weighted by molar-refractivity contribution is 6.05. The second-order valence-electron chi connectivity index (χ2n) is 8.68. The summed E-state index contributed by atoms with van der Waals surface area (Å²) in [6.45, 7) is 5.64. The van der Waals surface area contributed by atoms with E-state index in [-0.39, 0.29) is 17.8 Å². The number of nitrogen functional groups attached to an aromatic ring is 1. The van der Waals surface area contributed by atoms with Gasteiger partial charge in [0.25, 0.3) is 0 Å². The summed E-state index contributed by atoms with van der Waals surface area (Å²) in [6.07, 6.45) is 1.83. The molecular weight excluding hydrogens is 419 g/mol. The van der Waals surface area contributed by atoms with Gasteiger partial charge in [0.2, 0.25) is 0 Å². The fourth-order valence-corrected chi connectivity index (χ4v) is 4.28. The molecule has 4 aromatic rings. The van der Waals surface area contributed by atoms with Crippen LogP contribution in [0.3, 0.4) is 0 Å². The van der Waals surface area contributed by atoms with Crippen molar-refractivity contribution in [3.8, 4) is 22.9 Å². The molecule has 0 bridgehead atoms. The van der Waals surface area contributed by atoms with Gasteiger partial charge in [0.05, 0.1) is 22.5 Å². The van der Waals surface area contributed by atoms with Gasteiger partial charge >= 0.3 is 5.97 Å². The molecule has 0 atom stereocenters. The fourth-order valence-electron chi connectivity index (χ4n) is 4.28. The lowest BCUT2D eigenvalue weighted by Crippen LogP contribution is -2.22. The van der Waals surface area contributed by atoms with Gasteiger partial charge in [0.1, 0.15) is 11.6 Å². The number of nitrogens with two attached hydrogens (primary N) is 1. The standard InChI is InChI=1S/C26H23FN4O2/c1-15-14-18(8-9-19(15)27)31-20-10-13-30-24(29)22(20)21(23(31)26(2,3)11-12-28)16-4-6-17(7-5-16)25(32)33/h4-10,13-14H,11H2,1-3H3,(H2,29,30)(H,32,33). The molecule has 0 aliphatic heterocycles. The lowest BCUT2D eigenvalue weighted by atomic mass is 9.81. The van der Waals surface area contributed by atoms with E-state index >= 15 is 0 Å². The highest BCUT2D eigenvalue weighted by Crippen LogP contribution is 2.45. The third-order valence-electron chi connectivity index (χ3n) is 5.89. The lowest BCUT2D eigenvalue weighted by Gasteiger charge is -2.27. The van der Waals surface area contributed by atoms with E-state index in [4.69, 9.17) is 5.73 Å². The molecule has 0 spiro atoms. The van der Waals surface area contributed by atoms with Crippen LogP contribution < -0.4 is 5.73 Å². The van der Waals surface area contributed by atoms with Crippen molar-refractivity contribution in [2.24, 2.45) is 0 Å². The van der Waals surface area contributed by atoms with Crippen molar-refractivity contribution in [2.75, 3.05) is 5.73 Å². The SMILES string of the molecule is Cc1cc(-n2c(C(C)(C)CC#N)c(-c3ccc(C(=O)O)cc3)c3c(N)nccc32)ccc1F. The van der Waals surface area contributed by atoms with Crippen LogP contribution in [0.4, 0.5) is 10.2 Å². The minimum Gasteiger partial charge on any atom is -0.478 e. The number of fused-ring (bicyclic) bond motifs is 1. The molecule has 166 valence electrons. The highest BCUT2D eigenvalue weighted by Gasteiger charge is 2.33.